The molecule has 0 amide bonds. The molecule has 0 aliphatic rings. The van der Waals surface area contributed by atoms with E-state index in [-0.39, 0.29) is 11.0 Å². The minimum atomic E-state index is -4.46. The SMILES string of the molecule is ON=Cc1ccc2occ(C(F)(F)F)c2c1. The normalized spacial score (nSPS) is 12.7. The van der Waals surface area contributed by atoms with Crippen molar-refractivity contribution in [1.82, 2.24) is 0 Å². The summed E-state index contributed by atoms with van der Waals surface area (Å²) in [7, 11) is 0. The second kappa shape index (κ2) is 3.55. The van der Waals surface area contributed by atoms with Gasteiger partial charge < -0.3 is 9.62 Å². The topological polar surface area (TPSA) is 45.7 Å². The summed E-state index contributed by atoms with van der Waals surface area (Å²) in [5.41, 5.74) is -0.333. The van der Waals surface area contributed by atoms with Crippen LogP contribution < -0.4 is 0 Å². The molecule has 6 heteroatoms. The molecule has 0 atom stereocenters. The highest BCUT2D eigenvalue weighted by Crippen LogP contribution is 2.36. The molecule has 84 valence electrons. The molecule has 1 aromatic heterocycles. The molecule has 16 heavy (non-hydrogen) atoms. The standard InChI is InChI=1S/C10H6F3NO2/c11-10(12,13)8-5-16-9-2-1-6(4-14-15)3-7(8)9/h1-5,15H. The Labute approximate surface area is 87.8 Å². The van der Waals surface area contributed by atoms with Crippen LogP contribution in [0.1, 0.15) is 11.1 Å². The number of fused-ring (bicyclic) bond motifs is 1. The number of hydrogen-bond acceptors (Lipinski definition) is 3. The van der Waals surface area contributed by atoms with Crippen LogP contribution in [0.2, 0.25) is 0 Å². The highest BCUT2D eigenvalue weighted by Gasteiger charge is 2.34. The van der Waals surface area contributed by atoms with Crippen LogP contribution in [0.4, 0.5) is 13.2 Å². The zero-order valence-electron chi connectivity index (χ0n) is 7.82. The highest BCUT2D eigenvalue weighted by atomic mass is 19.4. The number of hydrogen-bond donors (Lipinski definition) is 1. The van der Waals surface area contributed by atoms with Crippen molar-refractivity contribution in [3.63, 3.8) is 0 Å². The summed E-state index contributed by atoms with van der Waals surface area (Å²) < 4.78 is 42.4. The zero-order valence-corrected chi connectivity index (χ0v) is 7.82. The lowest BCUT2D eigenvalue weighted by Crippen LogP contribution is -2.03. The molecular weight excluding hydrogens is 223 g/mol. The fraction of sp³-hybridized carbons (Fsp3) is 0.100. The summed E-state index contributed by atoms with van der Waals surface area (Å²) >= 11 is 0. The third-order valence-electron chi connectivity index (χ3n) is 2.11. The fourth-order valence-electron chi connectivity index (χ4n) is 1.41. The van der Waals surface area contributed by atoms with Gasteiger partial charge in [0.1, 0.15) is 17.4 Å². The van der Waals surface area contributed by atoms with Crippen LogP contribution in [0.15, 0.2) is 34.0 Å². The number of benzene rings is 1. The molecule has 0 radical (unpaired) electrons. The fourth-order valence-corrected chi connectivity index (χ4v) is 1.41. The zero-order chi connectivity index (χ0) is 11.8. The van der Waals surface area contributed by atoms with Crippen molar-refractivity contribution in [3.05, 3.63) is 35.6 Å². The van der Waals surface area contributed by atoms with Crippen LogP contribution in [0.5, 0.6) is 0 Å². The first-order chi connectivity index (χ1) is 7.52. The minimum Gasteiger partial charge on any atom is -0.464 e. The Morgan fingerprint density at radius 3 is 2.69 bits per heavy atom. The van der Waals surface area contributed by atoms with E-state index in [4.69, 9.17) is 9.62 Å². The van der Waals surface area contributed by atoms with Crippen LogP contribution in [0.3, 0.4) is 0 Å². The van der Waals surface area contributed by atoms with Gasteiger partial charge in [-0.3, -0.25) is 0 Å². The van der Waals surface area contributed by atoms with E-state index in [1.807, 2.05) is 0 Å². The maximum atomic E-state index is 12.5. The summed E-state index contributed by atoms with van der Waals surface area (Å²) in [6, 6.07) is 4.13. The van der Waals surface area contributed by atoms with Crippen LogP contribution in [-0.4, -0.2) is 11.4 Å². The van der Waals surface area contributed by atoms with Crippen molar-refractivity contribution < 1.29 is 22.8 Å². The van der Waals surface area contributed by atoms with Crippen molar-refractivity contribution >= 4 is 17.2 Å². The van der Waals surface area contributed by atoms with Crippen molar-refractivity contribution in [2.24, 2.45) is 5.16 Å². The molecule has 2 aromatic rings. The lowest BCUT2D eigenvalue weighted by atomic mass is 10.1. The third kappa shape index (κ3) is 1.73. The highest BCUT2D eigenvalue weighted by molar-refractivity contribution is 5.89. The molecule has 1 N–H and O–H groups in total. The maximum Gasteiger partial charge on any atom is 0.420 e. The smallest absolute Gasteiger partial charge is 0.420 e. The first-order valence-electron chi connectivity index (χ1n) is 4.28. The summed E-state index contributed by atoms with van der Waals surface area (Å²) in [5.74, 6) is 0. The molecule has 1 aromatic carbocycles. The van der Waals surface area contributed by atoms with Gasteiger partial charge in [0.25, 0.3) is 0 Å². The lowest BCUT2D eigenvalue weighted by Gasteiger charge is -2.02. The maximum absolute atomic E-state index is 12.5. The summed E-state index contributed by atoms with van der Waals surface area (Å²) in [6.07, 6.45) is -2.74. The Kier molecular flexibility index (Phi) is 2.34. The minimum absolute atomic E-state index is 0.0510. The Morgan fingerprint density at radius 1 is 1.31 bits per heavy atom. The van der Waals surface area contributed by atoms with Crippen LogP contribution in [0.25, 0.3) is 11.0 Å². The third-order valence-corrected chi connectivity index (χ3v) is 2.11. The van der Waals surface area contributed by atoms with Gasteiger partial charge in [0.15, 0.2) is 0 Å². The average Bonchev–Trinajstić information content (AvgIpc) is 2.60. The van der Waals surface area contributed by atoms with Crippen molar-refractivity contribution in [3.8, 4) is 0 Å². The second-order valence-corrected chi connectivity index (χ2v) is 3.15. The molecule has 0 saturated carbocycles. The molecule has 0 bridgehead atoms. The van der Waals surface area contributed by atoms with Gasteiger partial charge in [-0.25, -0.2) is 0 Å². The number of nitrogens with zero attached hydrogens (tertiary/aromatic N) is 1. The first-order valence-corrected chi connectivity index (χ1v) is 4.28. The number of rotatable bonds is 1. The van der Waals surface area contributed by atoms with E-state index in [0.717, 1.165) is 6.21 Å². The van der Waals surface area contributed by atoms with Crippen LogP contribution in [0, 0.1) is 0 Å². The second-order valence-electron chi connectivity index (χ2n) is 3.15. The average molecular weight is 229 g/mol. The molecular formula is C10H6F3NO2. The molecule has 0 fully saturated rings. The van der Waals surface area contributed by atoms with E-state index in [9.17, 15) is 13.2 Å². The molecule has 3 nitrogen and oxygen atoms in total. The molecule has 0 saturated heterocycles. The predicted octanol–water partition coefficient (Wildman–Crippen LogP) is 3.26. The molecule has 0 aliphatic heterocycles. The van der Waals surface area contributed by atoms with Crippen LogP contribution in [-0.2, 0) is 6.18 Å². The van der Waals surface area contributed by atoms with E-state index in [1.54, 1.807) is 0 Å². The van der Waals surface area contributed by atoms with E-state index in [0.29, 0.717) is 11.8 Å². The van der Waals surface area contributed by atoms with E-state index < -0.39 is 11.7 Å². The van der Waals surface area contributed by atoms with Crippen LogP contribution >= 0.6 is 0 Å². The van der Waals surface area contributed by atoms with Gasteiger partial charge >= 0.3 is 6.18 Å². The lowest BCUT2D eigenvalue weighted by molar-refractivity contribution is -0.136. The van der Waals surface area contributed by atoms with Crippen molar-refractivity contribution in [2.45, 2.75) is 6.18 Å². The van der Waals surface area contributed by atoms with E-state index >= 15 is 0 Å². The van der Waals surface area contributed by atoms with Gasteiger partial charge in [-0.05, 0) is 23.8 Å². The largest absolute Gasteiger partial charge is 0.464 e. The number of furan rings is 1. The van der Waals surface area contributed by atoms with Gasteiger partial charge in [0.05, 0.1) is 6.21 Å². The van der Waals surface area contributed by atoms with Gasteiger partial charge in [-0.15, -0.1) is 0 Å². The molecule has 0 spiro atoms. The summed E-state index contributed by atoms with van der Waals surface area (Å²) in [4.78, 5) is 0. The molecule has 0 unspecified atom stereocenters. The van der Waals surface area contributed by atoms with Crippen molar-refractivity contribution in [2.75, 3.05) is 0 Å². The Bertz CT molecular complexity index is 542. The van der Waals surface area contributed by atoms with E-state index in [1.165, 1.54) is 18.2 Å². The van der Waals surface area contributed by atoms with Gasteiger partial charge in [-0.1, -0.05) is 5.16 Å². The number of halogens is 3. The Morgan fingerprint density at radius 2 is 2.06 bits per heavy atom. The van der Waals surface area contributed by atoms with Crippen molar-refractivity contribution in [1.29, 1.82) is 0 Å². The van der Waals surface area contributed by atoms with Gasteiger partial charge in [0.2, 0.25) is 0 Å². The van der Waals surface area contributed by atoms with Gasteiger partial charge in [-0.2, -0.15) is 13.2 Å². The molecule has 1 heterocycles. The Hall–Kier alpha value is -1.98. The van der Waals surface area contributed by atoms with Gasteiger partial charge in [0, 0.05) is 5.39 Å². The predicted molar refractivity (Wildman–Crippen MR) is 50.6 cm³/mol. The monoisotopic (exact) mass is 229 g/mol. The number of oxime groups is 1. The number of alkyl halides is 3. The summed E-state index contributed by atoms with van der Waals surface area (Å²) in [5, 5.41) is 11.0. The Balaban J connectivity index is 2.65. The van der Waals surface area contributed by atoms with E-state index in [2.05, 4.69) is 5.16 Å². The molecule has 2 rings (SSSR count). The quantitative estimate of drug-likeness (QED) is 0.463. The molecule has 0 aliphatic carbocycles. The summed E-state index contributed by atoms with van der Waals surface area (Å²) in [6.45, 7) is 0. The first kappa shape index (κ1) is 10.5.